The van der Waals surface area contributed by atoms with Crippen molar-refractivity contribution >= 4 is 16.2 Å². The Labute approximate surface area is 47.7 Å². The maximum Gasteiger partial charge on any atom is -1.00 e. The summed E-state index contributed by atoms with van der Waals surface area (Å²) in [4.78, 5) is 8.75. The molecular formula is BrNO2Se-. The summed E-state index contributed by atoms with van der Waals surface area (Å²) in [6.45, 7) is 0. The van der Waals surface area contributed by atoms with Crippen molar-refractivity contribution in [2.75, 3.05) is 0 Å². The molecule has 0 aromatic carbocycles. The predicted molar refractivity (Wildman–Crippen MR) is 12.7 cm³/mol. The normalized spacial score (nSPS) is 4.80. The Bertz CT molecular complexity index is 32.6. The van der Waals surface area contributed by atoms with Gasteiger partial charge in [-0.3, -0.25) is 0 Å². The quantitative estimate of drug-likeness (QED) is 0.232. The fourth-order valence-electron chi connectivity index (χ4n) is 0. The fourth-order valence-corrected chi connectivity index (χ4v) is 0. The molecule has 0 saturated heterocycles. The van der Waals surface area contributed by atoms with Crippen molar-refractivity contribution in [1.29, 1.82) is 0 Å². The van der Waals surface area contributed by atoms with Crippen molar-refractivity contribution in [1.82, 2.24) is 0 Å². The Kier molecular flexibility index (Phi) is 7.96. The van der Waals surface area contributed by atoms with Crippen LogP contribution >= 0.6 is 0 Å². The molecule has 0 amide bonds. The van der Waals surface area contributed by atoms with Crippen LogP contribution in [-0.2, 0) is 0 Å². The first-order chi connectivity index (χ1) is 1.73. The van der Waals surface area contributed by atoms with Crippen LogP contribution in [0.3, 0.4) is 0 Å². The van der Waals surface area contributed by atoms with Crippen LogP contribution in [0, 0.1) is 10.1 Å². The number of hydrogen-bond acceptors (Lipinski definition) is 2. The van der Waals surface area contributed by atoms with Gasteiger partial charge in [-0.15, -0.1) is 0 Å². The van der Waals surface area contributed by atoms with Crippen molar-refractivity contribution in [2.24, 2.45) is 0 Å². The molecule has 0 fully saturated rings. The van der Waals surface area contributed by atoms with Gasteiger partial charge in [-0.25, -0.2) is 0 Å². The largest absolute Gasteiger partial charge is 1.00 e. The molecule has 1 radical (unpaired) electrons. The molecule has 5 heavy (non-hydrogen) atoms. The number of rotatable bonds is 0. The van der Waals surface area contributed by atoms with Gasteiger partial charge in [0.1, 0.15) is 0 Å². The molecule has 0 unspecified atom stereocenters. The van der Waals surface area contributed by atoms with E-state index in [0.717, 1.165) is 0 Å². The van der Waals surface area contributed by atoms with E-state index < -0.39 is 3.94 Å². The maximum absolute atomic E-state index is 8.75. The molecule has 0 aliphatic rings. The van der Waals surface area contributed by atoms with Gasteiger partial charge in [0, 0.05) is 0 Å². The van der Waals surface area contributed by atoms with E-state index in [-0.39, 0.29) is 17.0 Å². The second-order valence-corrected chi connectivity index (χ2v) is 0.849. The van der Waals surface area contributed by atoms with Gasteiger partial charge in [0.15, 0.2) is 0 Å². The first-order valence-corrected chi connectivity index (χ1v) is 1.31. The summed E-state index contributed by atoms with van der Waals surface area (Å²) in [5.74, 6) is 0. The number of hydrogen-bond donors (Lipinski definition) is 0. The molecule has 0 spiro atoms. The minimum absolute atomic E-state index is 0. The molecule has 0 aromatic rings. The van der Waals surface area contributed by atoms with Crippen LogP contribution in [0.5, 0.6) is 0 Å². The number of nitro groups is 1. The smallest absolute Gasteiger partial charge is 1.00 e. The molecule has 31 valence electrons. The molecular weight excluding hydrogens is 205 g/mol. The molecule has 0 bridgehead atoms. The molecule has 0 atom stereocenters. The number of halogens is 1. The van der Waals surface area contributed by atoms with Gasteiger partial charge < -0.3 is 17.0 Å². The van der Waals surface area contributed by atoms with Crippen LogP contribution in [0.1, 0.15) is 0 Å². The third kappa shape index (κ3) is 159. The Morgan fingerprint density at radius 2 is 1.80 bits per heavy atom. The second-order valence-electron chi connectivity index (χ2n) is 0.224. The monoisotopic (exact) mass is 205 g/mol. The van der Waals surface area contributed by atoms with E-state index in [1.165, 1.54) is 0 Å². The van der Waals surface area contributed by atoms with Crippen LogP contribution in [0.25, 0.3) is 0 Å². The fraction of sp³-hybridized carbons (Fsp3) is 0. The Balaban J connectivity index is 0. The average Bonchev–Trinajstić information content (AvgIpc) is 0.811. The summed E-state index contributed by atoms with van der Waals surface area (Å²) in [6, 6.07) is 0. The molecule has 0 saturated carbocycles. The van der Waals surface area contributed by atoms with Crippen LogP contribution in [0.15, 0.2) is 0 Å². The van der Waals surface area contributed by atoms with Gasteiger partial charge >= 0.3 is 30.3 Å². The Hall–Kier alpha value is 0.399. The van der Waals surface area contributed by atoms with Gasteiger partial charge in [0.05, 0.1) is 0 Å². The molecule has 5 heteroatoms. The SMILES string of the molecule is O=[N+]([O-])[Se].[Br-]. The van der Waals surface area contributed by atoms with Gasteiger partial charge in [-0.2, -0.15) is 0 Å². The van der Waals surface area contributed by atoms with Crippen molar-refractivity contribution in [2.45, 2.75) is 0 Å². The number of nitrogens with zero attached hydrogens (tertiary/aromatic N) is 1. The van der Waals surface area contributed by atoms with Crippen molar-refractivity contribution in [3.05, 3.63) is 10.1 Å². The van der Waals surface area contributed by atoms with E-state index in [4.69, 9.17) is 10.1 Å². The summed E-state index contributed by atoms with van der Waals surface area (Å²) < 4.78 is -0.625. The van der Waals surface area contributed by atoms with E-state index in [0.29, 0.717) is 0 Å². The second kappa shape index (κ2) is 4.40. The van der Waals surface area contributed by atoms with Crippen LogP contribution in [0.2, 0.25) is 0 Å². The van der Waals surface area contributed by atoms with Crippen molar-refractivity contribution in [3.8, 4) is 0 Å². The van der Waals surface area contributed by atoms with Crippen molar-refractivity contribution in [3.63, 3.8) is 0 Å². The van der Waals surface area contributed by atoms with Gasteiger partial charge in [0.25, 0.3) is 0 Å². The summed E-state index contributed by atoms with van der Waals surface area (Å²) >= 11 is 1.62. The first-order valence-electron chi connectivity index (χ1n) is 0.548. The van der Waals surface area contributed by atoms with Gasteiger partial charge in [0.2, 0.25) is 0 Å². The van der Waals surface area contributed by atoms with Crippen LogP contribution in [-0.4, -0.2) is 20.2 Å². The van der Waals surface area contributed by atoms with E-state index in [2.05, 4.69) is 0 Å². The third-order valence-corrected chi connectivity index (χ3v) is 0. The third-order valence-electron chi connectivity index (χ3n) is 0. The van der Waals surface area contributed by atoms with Gasteiger partial charge in [-0.1, -0.05) is 0 Å². The van der Waals surface area contributed by atoms with E-state index in [1.54, 1.807) is 16.2 Å². The first kappa shape index (κ1) is 9.04. The molecule has 0 aliphatic carbocycles. The summed E-state index contributed by atoms with van der Waals surface area (Å²) in [7, 11) is 0. The summed E-state index contributed by atoms with van der Waals surface area (Å²) in [6.07, 6.45) is 0. The van der Waals surface area contributed by atoms with E-state index >= 15 is 0 Å². The van der Waals surface area contributed by atoms with Crippen LogP contribution in [0.4, 0.5) is 0 Å². The molecule has 0 heterocycles. The summed E-state index contributed by atoms with van der Waals surface area (Å²) in [5.41, 5.74) is 0. The molecule has 3 nitrogen and oxygen atoms in total. The average molecular weight is 205 g/mol. The molecule has 0 aliphatic heterocycles. The van der Waals surface area contributed by atoms with Gasteiger partial charge in [-0.05, 0) is 0 Å². The minimum atomic E-state index is -0.625. The van der Waals surface area contributed by atoms with Crippen LogP contribution < -0.4 is 17.0 Å². The zero-order chi connectivity index (χ0) is 3.58. The van der Waals surface area contributed by atoms with E-state index in [1.807, 2.05) is 0 Å². The summed E-state index contributed by atoms with van der Waals surface area (Å²) in [5, 5.41) is 8.75. The molecule has 0 aromatic heterocycles. The maximum atomic E-state index is 8.75. The zero-order valence-electron chi connectivity index (χ0n) is 2.05. The predicted octanol–water partition coefficient (Wildman–Crippen LogP) is -3.65. The van der Waals surface area contributed by atoms with Crippen molar-refractivity contribution < 1.29 is 20.9 Å². The molecule has 0 rings (SSSR count). The minimum Gasteiger partial charge on any atom is -1.00 e. The molecule has 0 N–H and O–H groups in total. The topological polar surface area (TPSA) is 43.1 Å². The standard InChI is InChI=1S/BrH.NO2Se/c;2-1(3)4/h1H;/p-1. The Morgan fingerprint density at radius 1 is 1.80 bits per heavy atom. The van der Waals surface area contributed by atoms with E-state index in [9.17, 15) is 0 Å². The zero-order valence-corrected chi connectivity index (χ0v) is 5.35. The Morgan fingerprint density at radius 3 is 1.80 bits per heavy atom.